The summed E-state index contributed by atoms with van der Waals surface area (Å²) in [6, 6.07) is 7.88. The molecule has 1 aromatic carbocycles. The molecule has 0 aromatic heterocycles. The molecule has 0 bridgehead atoms. The number of hydrogen-bond donors (Lipinski definition) is 1. The first kappa shape index (κ1) is 14.0. The fraction of sp³-hybridized carbons (Fsp3) is 0.417. The Kier molecular flexibility index (Phi) is 6.00. The zero-order valence-electron chi connectivity index (χ0n) is 9.73. The minimum absolute atomic E-state index is 0.405. The van der Waals surface area contributed by atoms with E-state index in [1.165, 1.54) is 4.90 Å². The molecule has 1 N–H and O–H groups in total. The van der Waals surface area contributed by atoms with Crippen molar-refractivity contribution in [1.29, 1.82) is 0 Å². The lowest BCUT2D eigenvalue weighted by Gasteiger charge is -2.18. The number of benzene rings is 1. The quantitative estimate of drug-likeness (QED) is 0.879. The van der Waals surface area contributed by atoms with Crippen LogP contribution in [0.2, 0.25) is 0 Å². The maximum Gasteiger partial charge on any atom is 0.407 e. The van der Waals surface area contributed by atoms with Crippen LogP contribution in [0.5, 0.6) is 0 Å². The van der Waals surface area contributed by atoms with E-state index in [2.05, 4.69) is 15.9 Å². The van der Waals surface area contributed by atoms with Gasteiger partial charge in [0.1, 0.15) is 0 Å². The SMILES string of the molecule is COCCN(CCc1ccc(Br)cc1)C(=O)O. The molecule has 17 heavy (non-hydrogen) atoms. The van der Waals surface area contributed by atoms with E-state index < -0.39 is 6.09 Å². The normalized spacial score (nSPS) is 10.2. The number of amides is 1. The van der Waals surface area contributed by atoms with E-state index in [0.717, 1.165) is 10.0 Å². The molecule has 4 nitrogen and oxygen atoms in total. The zero-order valence-corrected chi connectivity index (χ0v) is 11.3. The molecule has 0 aliphatic carbocycles. The first-order valence-corrected chi connectivity index (χ1v) is 6.14. The largest absolute Gasteiger partial charge is 0.465 e. The Morgan fingerprint density at radius 2 is 2.00 bits per heavy atom. The fourth-order valence-electron chi connectivity index (χ4n) is 1.42. The van der Waals surface area contributed by atoms with Gasteiger partial charge in [0.15, 0.2) is 0 Å². The molecule has 0 saturated carbocycles. The number of carboxylic acid groups (broad SMARTS) is 1. The van der Waals surface area contributed by atoms with E-state index in [9.17, 15) is 4.79 Å². The Hall–Kier alpha value is -1.07. The second kappa shape index (κ2) is 7.29. The van der Waals surface area contributed by atoms with E-state index in [-0.39, 0.29) is 0 Å². The van der Waals surface area contributed by atoms with Crippen molar-refractivity contribution in [2.24, 2.45) is 0 Å². The lowest BCUT2D eigenvalue weighted by Crippen LogP contribution is -2.34. The lowest BCUT2D eigenvalue weighted by molar-refractivity contribution is 0.119. The predicted molar refractivity (Wildman–Crippen MR) is 69.3 cm³/mol. The summed E-state index contributed by atoms with van der Waals surface area (Å²) in [4.78, 5) is 12.3. The maximum absolute atomic E-state index is 10.9. The van der Waals surface area contributed by atoms with Crippen molar-refractivity contribution in [3.8, 4) is 0 Å². The lowest BCUT2D eigenvalue weighted by atomic mass is 10.1. The van der Waals surface area contributed by atoms with Crippen molar-refractivity contribution in [2.75, 3.05) is 26.8 Å². The maximum atomic E-state index is 10.9. The second-order valence-corrected chi connectivity index (χ2v) is 4.55. The summed E-state index contributed by atoms with van der Waals surface area (Å²) in [5, 5.41) is 8.98. The highest BCUT2D eigenvalue weighted by Gasteiger charge is 2.10. The van der Waals surface area contributed by atoms with E-state index in [0.29, 0.717) is 26.1 Å². The van der Waals surface area contributed by atoms with Crippen molar-refractivity contribution in [1.82, 2.24) is 4.90 Å². The van der Waals surface area contributed by atoms with Crippen molar-refractivity contribution < 1.29 is 14.6 Å². The number of hydrogen-bond acceptors (Lipinski definition) is 2. The zero-order chi connectivity index (χ0) is 12.7. The van der Waals surface area contributed by atoms with Crippen LogP contribution in [-0.4, -0.2) is 42.9 Å². The molecule has 0 radical (unpaired) electrons. The van der Waals surface area contributed by atoms with Gasteiger partial charge in [-0.2, -0.15) is 0 Å². The summed E-state index contributed by atoms with van der Waals surface area (Å²) in [7, 11) is 1.56. The Morgan fingerprint density at radius 3 is 2.53 bits per heavy atom. The first-order chi connectivity index (χ1) is 8.13. The monoisotopic (exact) mass is 301 g/mol. The highest BCUT2D eigenvalue weighted by atomic mass is 79.9. The van der Waals surface area contributed by atoms with E-state index in [1.54, 1.807) is 7.11 Å². The number of nitrogens with zero attached hydrogens (tertiary/aromatic N) is 1. The molecule has 0 aliphatic rings. The van der Waals surface area contributed by atoms with Crippen LogP contribution in [0.3, 0.4) is 0 Å². The topological polar surface area (TPSA) is 49.8 Å². The number of methoxy groups -OCH3 is 1. The van der Waals surface area contributed by atoms with Crippen LogP contribution < -0.4 is 0 Å². The smallest absolute Gasteiger partial charge is 0.407 e. The molecule has 0 spiro atoms. The van der Waals surface area contributed by atoms with Gasteiger partial charge in [-0.3, -0.25) is 0 Å². The van der Waals surface area contributed by atoms with Crippen LogP contribution in [0.25, 0.3) is 0 Å². The van der Waals surface area contributed by atoms with Crippen LogP contribution in [0.15, 0.2) is 28.7 Å². The van der Waals surface area contributed by atoms with Crippen LogP contribution in [-0.2, 0) is 11.2 Å². The van der Waals surface area contributed by atoms with Crippen molar-refractivity contribution in [3.63, 3.8) is 0 Å². The van der Waals surface area contributed by atoms with Gasteiger partial charge in [-0.1, -0.05) is 28.1 Å². The Morgan fingerprint density at radius 1 is 1.35 bits per heavy atom. The van der Waals surface area contributed by atoms with Crippen LogP contribution in [0.1, 0.15) is 5.56 Å². The van der Waals surface area contributed by atoms with Crippen molar-refractivity contribution in [3.05, 3.63) is 34.3 Å². The standard InChI is InChI=1S/C12H16BrNO3/c1-17-9-8-14(12(15)16)7-6-10-2-4-11(13)5-3-10/h2-5H,6-9H2,1H3,(H,15,16). The Balaban J connectivity index is 2.45. The highest BCUT2D eigenvalue weighted by molar-refractivity contribution is 9.10. The average Bonchev–Trinajstić information content (AvgIpc) is 2.31. The van der Waals surface area contributed by atoms with Gasteiger partial charge in [0.25, 0.3) is 0 Å². The van der Waals surface area contributed by atoms with Crippen molar-refractivity contribution >= 4 is 22.0 Å². The summed E-state index contributed by atoms with van der Waals surface area (Å²) in [6.45, 7) is 1.31. The summed E-state index contributed by atoms with van der Waals surface area (Å²) in [5.74, 6) is 0. The third-order valence-corrected chi connectivity index (χ3v) is 2.95. The molecule has 0 fully saturated rings. The fourth-order valence-corrected chi connectivity index (χ4v) is 1.68. The van der Waals surface area contributed by atoms with E-state index in [4.69, 9.17) is 9.84 Å². The van der Waals surface area contributed by atoms with Gasteiger partial charge in [0.2, 0.25) is 0 Å². The molecular formula is C12H16BrNO3. The average molecular weight is 302 g/mol. The van der Waals surface area contributed by atoms with Crippen LogP contribution in [0, 0.1) is 0 Å². The molecule has 0 aliphatic heterocycles. The van der Waals surface area contributed by atoms with Gasteiger partial charge in [0.05, 0.1) is 6.61 Å². The van der Waals surface area contributed by atoms with Gasteiger partial charge >= 0.3 is 6.09 Å². The Labute approximate surface area is 109 Å². The summed E-state index contributed by atoms with van der Waals surface area (Å²) in [5.41, 5.74) is 1.12. The second-order valence-electron chi connectivity index (χ2n) is 3.64. The molecule has 1 amide bonds. The molecule has 5 heteroatoms. The third-order valence-electron chi connectivity index (χ3n) is 2.42. The molecule has 0 atom stereocenters. The molecule has 94 valence electrons. The number of halogens is 1. The molecule has 0 saturated heterocycles. The molecule has 1 rings (SSSR count). The molecular weight excluding hydrogens is 286 g/mol. The number of carbonyl (C=O) groups is 1. The van der Waals surface area contributed by atoms with Gasteiger partial charge < -0.3 is 14.7 Å². The number of ether oxygens (including phenoxy) is 1. The summed E-state index contributed by atoms with van der Waals surface area (Å²) in [6.07, 6.45) is -0.192. The first-order valence-electron chi connectivity index (χ1n) is 5.34. The summed E-state index contributed by atoms with van der Waals surface area (Å²) < 4.78 is 5.90. The predicted octanol–water partition coefficient (Wildman–Crippen LogP) is 2.62. The highest BCUT2D eigenvalue weighted by Crippen LogP contribution is 2.11. The molecule has 0 unspecified atom stereocenters. The van der Waals surface area contributed by atoms with E-state index in [1.807, 2.05) is 24.3 Å². The minimum Gasteiger partial charge on any atom is -0.465 e. The number of rotatable bonds is 6. The van der Waals surface area contributed by atoms with Crippen LogP contribution >= 0.6 is 15.9 Å². The molecule has 0 heterocycles. The summed E-state index contributed by atoms with van der Waals surface area (Å²) >= 11 is 3.36. The Bertz CT molecular complexity index is 353. The van der Waals surface area contributed by atoms with Crippen molar-refractivity contribution in [2.45, 2.75) is 6.42 Å². The van der Waals surface area contributed by atoms with Gasteiger partial charge in [0, 0.05) is 24.7 Å². The van der Waals surface area contributed by atoms with Crippen LogP contribution in [0.4, 0.5) is 4.79 Å². The third kappa shape index (κ3) is 5.19. The van der Waals surface area contributed by atoms with Gasteiger partial charge in [-0.25, -0.2) is 4.79 Å². The minimum atomic E-state index is -0.904. The van der Waals surface area contributed by atoms with Gasteiger partial charge in [-0.15, -0.1) is 0 Å². The van der Waals surface area contributed by atoms with Gasteiger partial charge in [-0.05, 0) is 24.1 Å². The molecule has 1 aromatic rings. The van der Waals surface area contributed by atoms with E-state index >= 15 is 0 Å².